The van der Waals surface area contributed by atoms with Crippen LogP contribution in [0.4, 0.5) is 0 Å². The molecule has 0 aromatic heterocycles. The number of carbonyl (C=O) groups is 1. The quantitative estimate of drug-likeness (QED) is 0.593. The summed E-state index contributed by atoms with van der Waals surface area (Å²) in [5.74, 6) is -0.343. The lowest BCUT2D eigenvalue weighted by Crippen LogP contribution is -2.22. The van der Waals surface area contributed by atoms with E-state index in [4.69, 9.17) is 14.6 Å². The average Bonchev–Trinajstić information content (AvgIpc) is 2.61. The second-order valence-corrected chi connectivity index (χ2v) is 6.08. The first-order valence-electron chi connectivity index (χ1n) is 8.09. The minimum atomic E-state index is -0.471. The standard InChI is InChI=1S/C20H24O4/c1-20(2,24-14-6-13-21)18-11-9-17(10-12-18)19(22)23-15-16-7-4-3-5-8-16/h3-5,7-12,21H,6,13-15H2,1-2H3. The fourth-order valence-corrected chi connectivity index (χ4v) is 2.29. The molecule has 24 heavy (non-hydrogen) atoms. The third-order valence-corrected chi connectivity index (χ3v) is 3.79. The highest BCUT2D eigenvalue weighted by atomic mass is 16.5. The van der Waals surface area contributed by atoms with Gasteiger partial charge in [0.2, 0.25) is 0 Å². The van der Waals surface area contributed by atoms with Crippen molar-refractivity contribution in [2.75, 3.05) is 13.2 Å². The van der Waals surface area contributed by atoms with Gasteiger partial charge < -0.3 is 14.6 Å². The van der Waals surface area contributed by atoms with Crippen molar-refractivity contribution in [3.8, 4) is 0 Å². The molecular weight excluding hydrogens is 304 g/mol. The molecule has 0 heterocycles. The number of ether oxygens (including phenoxy) is 2. The predicted molar refractivity (Wildman–Crippen MR) is 92.7 cm³/mol. The van der Waals surface area contributed by atoms with Crippen LogP contribution in [0.3, 0.4) is 0 Å². The van der Waals surface area contributed by atoms with Crippen molar-refractivity contribution in [2.45, 2.75) is 32.5 Å². The van der Waals surface area contributed by atoms with E-state index in [-0.39, 0.29) is 19.2 Å². The second-order valence-electron chi connectivity index (χ2n) is 6.08. The van der Waals surface area contributed by atoms with E-state index in [1.165, 1.54) is 0 Å². The predicted octanol–water partition coefficient (Wildman–Crippen LogP) is 3.68. The van der Waals surface area contributed by atoms with Crippen molar-refractivity contribution >= 4 is 5.97 Å². The van der Waals surface area contributed by atoms with Crippen LogP contribution >= 0.6 is 0 Å². The Morgan fingerprint density at radius 1 is 1.04 bits per heavy atom. The van der Waals surface area contributed by atoms with Crippen molar-refractivity contribution in [1.29, 1.82) is 0 Å². The minimum absolute atomic E-state index is 0.113. The van der Waals surface area contributed by atoms with Crippen LogP contribution in [0.2, 0.25) is 0 Å². The van der Waals surface area contributed by atoms with Gasteiger partial charge in [-0.05, 0) is 43.5 Å². The van der Waals surface area contributed by atoms with Crippen LogP contribution in [-0.4, -0.2) is 24.3 Å². The van der Waals surface area contributed by atoms with Crippen LogP contribution in [0.15, 0.2) is 54.6 Å². The number of carbonyl (C=O) groups excluding carboxylic acids is 1. The number of aliphatic hydroxyl groups excluding tert-OH is 1. The Bertz CT molecular complexity index is 632. The molecule has 0 unspecified atom stereocenters. The largest absolute Gasteiger partial charge is 0.457 e. The molecule has 0 spiro atoms. The molecule has 0 saturated carbocycles. The molecule has 0 saturated heterocycles. The lowest BCUT2D eigenvalue weighted by Gasteiger charge is -2.26. The molecule has 1 N–H and O–H groups in total. The molecule has 2 rings (SSSR count). The van der Waals surface area contributed by atoms with Crippen LogP contribution in [0, 0.1) is 0 Å². The van der Waals surface area contributed by atoms with Crippen molar-refractivity contribution in [1.82, 2.24) is 0 Å². The van der Waals surface area contributed by atoms with Gasteiger partial charge in [0.05, 0.1) is 11.2 Å². The lowest BCUT2D eigenvalue weighted by molar-refractivity contribution is -0.0268. The summed E-state index contributed by atoms with van der Waals surface area (Å²) in [6.45, 7) is 4.80. The highest BCUT2D eigenvalue weighted by Crippen LogP contribution is 2.25. The summed E-state index contributed by atoms with van der Waals surface area (Å²) in [5, 5.41) is 8.83. The molecule has 0 radical (unpaired) electrons. The molecule has 4 heteroatoms. The first-order valence-corrected chi connectivity index (χ1v) is 8.09. The van der Waals surface area contributed by atoms with Gasteiger partial charge in [0.25, 0.3) is 0 Å². The maximum atomic E-state index is 12.1. The summed E-state index contributed by atoms with van der Waals surface area (Å²) in [4.78, 5) is 12.1. The summed E-state index contributed by atoms with van der Waals surface area (Å²) in [7, 11) is 0. The van der Waals surface area contributed by atoms with Gasteiger partial charge in [-0.1, -0.05) is 42.5 Å². The zero-order chi connectivity index (χ0) is 17.4. The summed E-state index contributed by atoms with van der Waals surface area (Å²) in [6, 6.07) is 16.8. The van der Waals surface area contributed by atoms with E-state index in [0.29, 0.717) is 18.6 Å². The maximum absolute atomic E-state index is 12.1. The molecule has 0 fully saturated rings. The molecule has 0 aliphatic heterocycles. The van der Waals surface area contributed by atoms with Gasteiger partial charge in [0.15, 0.2) is 0 Å². The van der Waals surface area contributed by atoms with Crippen molar-refractivity contribution < 1.29 is 19.4 Å². The Kier molecular flexibility index (Phi) is 6.53. The summed E-state index contributed by atoms with van der Waals surface area (Å²) in [6.07, 6.45) is 0.604. The third-order valence-electron chi connectivity index (χ3n) is 3.79. The highest BCUT2D eigenvalue weighted by molar-refractivity contribution is 5.89. The number of hydrogen-bond acceptors (Lipinski definition) is 4. The number of esters is 1. The third kappa shape index (κ3) is 5.18. The van der Waals surface area contributed by atoms with Gasteiger partial charge in [-0.15, -0.1) is 0 Å². The van der Waals surface area contributed by atoms with E-state index in [1.807, 2.05) is 56.3 Å². The Morgan fingerprint density at radius 2 is 1.71 bits per heavy atom. The van der Waals surface area contributed by atoms with Crippen molar-refractivity contribution in [3.63, 3.8) is 0 Å². The molecule has 128 valence electrons. The number of benzene rings is 2. The number of hydrogen-bond donors (Lipinski definition) is 1. The molecule has 0 bridgehead atoms. The van der Waals surface area contributed by atoms with Gasteiger partial charge in [0, 0.05) is 13.2 Å². The highest BCUT2D eigenvalue weighted by Gasteiger charge is 2.21. The van der Waals surface area contributed by atoms with Gasteiger partial charge >= 0.3 is 5.97 Å². The minimum Gasteiger partial charge on any atom is -0.457 e. The molecule has 4 nitrogen and oxygen atoms in total. The number of rotatable bonds is 8. The Labute approximate surface area is 143 Å². The van der Waals surface area contributed by atoms with Crippen LogP contribution < -0.4 is 0 Å². The zero-order valence-electron chi connectivity index (χ0n) is 14.2. The zero-order valence-corrected chi connectivity index (χ0v) is 14.2. The molecule has 0 aliphatic rings. The van der Waals surface area contributed by atoms with Crippen LogP contribution in [0.5, 0.6) is 0 Å². The molecule has 0 amide bonds. The van der Waals surface area contributed by atoms with Gasteiger partial charge in [-0.3, -0.25) is 0 Å². The normalized spacial score (nSPS) is 11.3. The molecule has 2 aromatic carbocycles. The topological polar surface area (TPSA) is 55.8 Å². The molecule has 2 aromatic rings. The summed E-state index contributed by atoms with van der Waals surface area (Å²) < 4.78 is 11.1. The SMILES string of the molecule is CC(C)(OCCCO)c1ccc(C(=O)OCc2ccccc2)cc1. The molecular formula is C20H24O4. The maximum Gasteiger partial charge on any atom is 0.338 e. The van der Waals surface area contributed by atoms with Crippen LogP contribution in [0.1, 0.15) is 41.8 Å². The first kappa shape index (κ1) is 18.2. The van der Waals surface area contributed by atoms with E-state index in [0.717, 1.165) is 11.1 Å². The molecule has 0 atom stereocenters. The van der Waals surface area contributed by atoms with E-state index in [2.05, 4.69) is 0 Å². The summed E-state index contributed by atoms with van der Waals surface area (Å²) >= 11 is 0. The van der Waals surface area contributed by atoms with E-state index < -0.39 is 5.60 Å². The van der Waals surface area contributed by atoms with Gasteiger partial charge in [-0.2, -0.15) is 0 Å². The smallest absolute Gasteiger partial charge is 0.338 e. The Balaban J connectivity index is 1.94. The summed E-state index contributed by atoms with van der Waals surface area (Å²) in [5.41, 5.74) is 1.98. The van der Waals surface area contributed by atoms with Crippen LogP contribution in [-0.2, 0) is 21.7 Å². The molecule has 0 aliphatic carbocycles. The fourth-order valence-electron chi connectivity index (χ4n) is 2.29. The van der Waals surface area contributed by atoms with E-state index >= 15 is 0 Å². The fraction of sp³-hybridized carbons (Fsp3) is 0.350. The second kappa shape index (κ2) is 8.62. The van der Waals surface area contributed by atoms with Crippen LogP contribution in [0.25, 0.3) is 0 Å². The first-order chi connectivity index (χ1) is 11.5. The van der Waals surface area contributed by atoms with Crippen molar-refractivity contribution in [3.05, 3.63) is 71.3 Å². The van der Waals surface area contributed by atoms with Gasteiger partial charge in [0.1, 0.15) is 6.61 Å². The Hall–Kier alpha value is -2.17. The average molecular weight is 328 g/mol. The van der Waals surface area contributed by atoms with E-state index in [1.54, 1.807) is 12.1 Å². The Morgan fingerprint density at radius 3 is 2.33 bits per heavy atom. The lowest BCUT2D eigenvalue weighted by atomic mass is 9.97. The monoisotopic (exact) mass is 328 g/mol. The van der Waals surface area contributed by atoms with Crippen molar-refractivity contribution in [2.24, 2.45) is 0 Å². The number of aliphatic hydroxyl groups is 1. The van der Waals surface area contributed by atoms with E-state index in [9.17, 15) is 4.79 Å². The van der Waals surface area contributed by atoms with Gasteiger partial charge in [-0.25, -0.2) is 4.79 Å².